The molecular formula is C24H23FN2O5S. The van der Waals surface area contributed by atoms with Crippen molar-refractivity contribution in [2.24, 2.45) is 0 Å². The lowest BCUT2D eigenvalue weighted by molar-refractivity contribution is -0.118. The highest BCUT2D eigenvalue weighted by molar-refractivity contribution is 7.89. The number of sulfonamides is 1. The van der Waals surface area contributed by atoms with Crippen LogP contribution in [-0.2, 0) is 27.8 Å². The third kappa shape index (κ3) is 5.32. The van der Waals surface area contributed by atoms with Crippen molar-refractivity contribution in [3.63, 3.8) is 0 Å². The Morgan fingerprint density at radius 2 is 1.82 bits per heavy atom. The smallest absolute Gasteiger partial charge is 0.262 e. The van der Waals surface area contributed by atoms with E-state index in [-0.39, 0.29) is 23.8 Å². The van der Waals surface area contributed by atoms with Gasteiger partial charge in [-0.1, -0.05) is 12.1 Å². The summed E-state index contributed by atoms with van der Waals surface area (Å²) in [5.41, 5.74) is 2.39. The summed E-state index contributed by atoms with van der Waals surface area (Å²) in [4.78, 5) is 12.5. The lowest BCUT2D eigenvalue weighted by Gasteiger charge is -2.28. The number of carbonyl (C=O) groups excluding carboxylic acids is 1. The maximum absolute atomic E-state index is 13.2. The number of methoxy groups -OCH3 is 1. The van der Waals surface area contributed by atoms with Gasteiger partial charge in [-0.3, -0.25) is 4.79 Å². The summed E-state index contributed by atoms with van der Waals surface area (Å²) in [7, 11) is -2.15. The summed E-state index contributed by atoms with van der Waals surface area (Å²) in [5.74, 6) is -0.0100. The van der Waals surface area contributed by atoms with Crippen LogP contribution in [-0.4, -0.2) is 38.9 Å². The Balaban J connectivity index is 1.43. The molecule has 1 amide bonds. The van der Waals surface area contributed by atoms with E-state index in [2.05, 4.69) is 5.32 Å². The van der Waals surface area contributed by atoms with Gasteiger partial charge < -0.3 is 14.8 Å². The van der Waals surface area contributed by atoms with Crippen LogP contribution in [0.1, 0.15) is 11.1 Å². The lowest BCUT2D eigenvalue weighted by atomic mass is 10.0. The normalized spacial score (nSPS) is 13.8. The van der Waals surface area contributed by atoms with E-state index in [1.807, 2.05) is 6.07 Å². The number of ether oxygens (including phenoxy) is 2. The third-order valence-corrected chi connectivity index (χ3v) is 7.19. The van der Waals surface area contributed by atoms with Crippen LogP contribution >= 0.6 is 0 Å². The van der Waals surface area contributed by atoms with Gasteiger partial charge in [-0.15, -0.1) is 0 Å². The first-order valence-corrected chi connectivity index (χ1v) is 11.7. The molecule has 0 unspecified atom stereocenters. The van der Waals surface area contributed by atoms with Gasteiger partial charge in [0.25, 0.3) is 5.91 Å². The molecule has 3 aromatic carbocycles. The fourth-order valence-corrected chi connectivity index (χ4v) is 5.03. The van der Waals surface area contributed by atoms with E-state index >= 15 is 0 Å². The number of nitrogens with one attached hydrogen (secondary N) is 1. The van der Waals surface area contributed by atoms with Crippen molar-refractivity contribution in [1.82, 2.24) is 4.31 Å². The van der Waals surface area contributed by atoms with Gasteiger partial charge in [-0.25, -0.2) is 12.8 Å². The van der Waals surface area contributed by atoms with Gasteiger partial charge >= 0.3 is 0 Å². The molecule has 1 heterocycles. The molecular weight excluding hydrogens is 447 g/mol. The molecule has 0 saturated carbocycles. The highest BCUT2D eigenvalue weighted by Gasteiger charge is 2.28. The van der Waals surface area contributed by atoms with Gasteiger partial charge in [0.2, 0.25) is 10.0 Å². The molecule has 172 valence electrons. The second kappa shape index (κ2) is 9.60. The van der Waals surface area contributed by atoms with Gasteiger partial charge in [-0.2, -0.15) is 4.31 Å². The van der Waals surface area contributed by atoms with E-state index in [0.29, 0.717) is 24.4 Å². The molecule has 0 aliphatic carbocycles. The minimum Gasteiger partial charge on any atom is -0.497 e. The number of amides is 1. The molecule has 0 atom stereocenters. The quantitative estimate of drug-likeness (QED) is 0.570. The Morgan fingerprint density at radius 3 is 2.55 bits per heavy atom. The summed E-state index contributed by atoms with van der Waals surface area (Å²) in [5, 5.41) is 2.74. The summed E-state index contributed by atoms with van der Waals surface area (Å²) in [6.45, 7) is 0.292. The standard InChI is InChI=1S/C24H23FN2O5S/c1-31-21-7-9-23(10-8-21)33(29,30)27-12-11-17-5-6-20(13-18(17)15-27)26-24(28)16-32-22-4-2-3-19(25)14-22/h2-10,13-14H,11-12,15-16H2,1H3,(H,26,28). The molecule has 0 fully saturated rings. The first-order valence-electron chi connectivity index (χ1n) is 10.3. The number of rotatable bonds is 7. The van der Waals surface area contributed by atoms with Crippen LogP contribution in [0.4, 0.5) is 10.1 Å². The second-order valence-electron chi connectivity index (χ2n) is 7.54. The molecule has 0 bridgehead atoms. The van der Waals surface area contributed by atoms with Crippen LogP contribution in [0, 0.1) is 5.82 Å². The van der Waals surface area contributed by atoms with E-state index in [1.165, 1.54) is 41.7 Å². The molecule has 0 saturated heterocycles. The Kier molecular flexibility index (Phi) is 6.62. The number of hydrogen-bond donors (Lipinski definition) is 1. The molecule has 0 radical (unpaired) electrons. The fraction of sp³-hybridized carbons (Fsp3) is 0.208. The van der Waals surface area contributed by atoms with Crippen molar-refractivity contribution >= 4 is 21.6 Å². The monoisotopic (exact) mass is 470 g/mol. The summed E-state index contributed by atoms with van der Waals surface area (Å²) >= 11 is 0. The molecule has 1 aliphatic rings. The van der Waals surface area contributed by atoms with E-state index in [0.717, 1.165) is 11.1 Å². The Labute approximate surface area is 191 Å². The molecule has 0 aromatic heterocycles. The number of fused-ring (bicyclic) bond motifs is 1. The Bertz CT molecular complexity index is 1260. The highest BCUT2D eigenvalue weighted by Crippen LogP contribution is 2.28. The van der Waals surface area contributed by atoms with E-state index < -0.39 is 21.7 Å². The summed E-state index contributed by atoms with van der Waals surface area (Å²) in [6.07, 6.45) is 0.571. The average molecular weight is 471 g/mol. The molecule has 9 heteroatoms. The number of anilines is 1. The van der Waals surface area contributed by atoms with Crippen LogP contribution in [0.2, 0.25) is 0 Å². The largest absolute Gasteiger partial charge is 0.497 e. The van der Waals surface area contributed by atoms with Gasteiger partial charge in [0.15, 0.2) is 6.61 Å². The zero-order valence-electron chi connectivity index (χ0n) is 18.0. The van der Waals surface area contributed by atoms with Crippen molar-refractivity contribution in [3.05, 3.63) is 83.7 Å². The Morgan fingerprint density at radius 1 is 1.03 bits per heavy atom. The summed E-state index contributed by atoms with van der Waals surface area (Å²) in [6, 6.07) is 17.3. The molecule has 0 spiro atoms. The zero-order valence-corrected chi connectivity index (χ0v) is 18.8. The second-order valence-corrected chi connectivity index (χ2v) is 9.48. The van der Waals surface area contributed by atoms with Crippen LogP contribution in [0.25, 0.3) is 0 Å². The van der Waals surface area contributed by atoms with Crippen molar-refractivity contribution < 1.29 is 27.1 Å². The summed E-state index contributed by atoms with van der Waals surface area (Å²) < 4.78 is 51.2. The maximum atomic E-state index is 13.2. The van der Waals surface area contributed by atoms with E-state index in [4.69, 9.17) is 9.47 Å². The van der Waals surface area contributed by atoms with Gasteiger partial charge in [0, 0.05) is 24.8 Å². The topological polar surface area (TPSA) is 84.9 Å². The van der Waals surface area contributed by atoms with Crippen LogP contribution < -0.4 is 14.8 Å². The highest BCUT2D eigenvalue weighted by atomic mass is 32.2. The van der Waals surface area contributed by atoms with E-state index in [1.54, 1.807) is 30.3 Å². The zero-order chi connectivity index (χ0) is 23.4. The number of benzene rings is 3. The van der Waals surface area contributed by atoms with Gasteiger partial charge in [-0.05, 0) is 66.1 Å². The molecule has 4 rings (SSSR count). The number of carbonyl (C=O) groups is 1. The average Bonchev–Trinajstić information content (AvgIpc) is 2.82. The first kappa shape index (κ1) is 22.8. The maximum Gasteiger partial charge on any atom is 0.262 e. The number of hydrogen-bond acceptors (Lipinski definition) is 5. The van der Waals surface area contributed by atoms with Crippen molar-refractivity contribution in [1.29, 1.82) is 0 Å². The molecule has 3 aromatic rings. The SMILES string of the molecule is COc1ccc(S(=O)(=O)N2CCc3ccc(NC(=O)COc4cccc(F)c4)cc3C2)cc1. The first-order chi connectivity index (χ1) is 15.8. The van der Waals surface area contributed by atoms with Crippen molar-refractivity contribution in [3.8, 4) is 11.5 Å². The van der Waals surface area contributed by atoms with Gasteiger partial charge in [0.1, 0.15) is 17.3 Å². The molecule has 7 nitrogen and oxygen atoms in total. The van der Waals surface area contributed by atoms with Crippen LogP contribution in [0.15, 0.2) is 71.6 Å². The minimum absolute atomic E-state index is 0.200. The minimum atomic E-state index is -3.67. The van der Waals surface area contributed by atoms with Crippen molar-refractivity contribution in [2.75, 3.05) is 25.6 Å². The predicted octanol–water partition coefficient (Wildman–Crippen LogP) is 3.60. The van der Waals surface area contributed by atoms with Crippen LogP contribution in [0.5, 0.6) is 11.5 Å². The predicted molar refractivity (Wildman–Crippen MR) is 121 cm³/mol. The third-order valence-electron chi connectivity index (χ3n) is 5.33. The van der Waals surface area contributed by atoms with Crippen LogP contribution in [0.3, 0.4) is 0 Å². The Hall–Kier alpha value is -3.43. The lowest BCUT2D eigenvalue weighted by Crippen LogP contribution is -2.36. The number of halogens is 1. The molecule has 1 N–H and O–H groups in total. The van der Waals surface area contributed by atoms with Gasteiger partial charge in [0.05, 0.1) is 12.0 Å². The van der Waals surface area contributed by atoms with Crippen molar-refractivity contribution in [2.45, 2.75) is 17.9 Å². The molecule has 33 heavy (non-hydrogen) atoms. The number of nitrogens with zero attached hydrogens (tertiary/aromatic N) is 1. The van der Waals surface area contributed by atoms with E-state index in [9.17, 15) is 17.6 Å². The fourth-order valence-electron chi connectivity index (χ4n) is 3.61. The molecule has 1 aliphatic heterocycles.